The first kappa shape index (κ1) is 16.0. The third-order valence-electron chi connectivity index (χ3n) is 3.04. The lowest BCUT2D eigenvalue weighted by molar-refractivity contribution is 0.0951. The van der Waals surface area contributed by atoms with Crippen LogP contribution in [0.25, 0.3) is 0 Å². The second-order valence-electron chi connectivity index (χ2n) is 4.96. The fourth-order valence-electron chi connectivity index (χ4n) is 1.63. The van der Waals surface area contributed by atoms with Crippen molar-refractivity contribution in [3.8, 4) is 0 Å². The molecule has 0 atom stereocenters. The Hall–Kier alpha value is -1.07. The standard InChI is InChI=1S/C14H22BrN3O/c1-10(2)18(3)6-4-5-17-14(19)11-7-12(15)9-13(16)8-11/h7-10H,4-6,16H2,1-3H3,(H,17,19). The molecule has 0 aliphatic carbocycles. The highest BCUT2D eigenvalue weighted by Gasteiger charge is 2.07. The highest BCUT2D eigenvalue weighted by Crippen LogP contribution is 2.17. The van der Waals surface area contributed by atoms with Crippen LogP contribution in [0.1, 0.15) is 30.6 Å². The Labute approximate surface area is 123 Å². The van der Waals surface area contributed by atoms with Crippen LogP contribution in [0, 0.1) is 0 Å². The van der Waals surface area contributed by atoms with Crippen molar-refractivity contribution >= 4 is 27.5 Å². The summed E-state index contributed by atoms with van der Waals surface area (Å²) in [5, 5.41) is 2.91. The number of carbonyl (C=O) groups excluding carboxylic acids is 1. The molecule has 0 radical (unpaired) electrons. The van der Waals surface area contributed by atoms with Crippen molar-refractivity contribution in [2.75, 3.05) is 25.9 Å². The second-order valence-corrected chi connectivity index (χ2v) is 5.87. The van der Waals surface area contributed by atoms with E-state index < -0.39 is 0 Å². The Morgan fingerprint density at radius 1 is 1.42 bits per heavy atom. The molecule has 3 N–H and O–H groups in total. The zero-order valence-corrected chi connectivity index (χ0v) is 13.3. The highest BCUT2D eigenvalue weighted by atomic mass is 79.9. The van der Waals surface area contributed by atoms with Crippen LogP contribution in [0.15, 0.2) is 22.7 Å². The monoisotopic (exact) mass is 327 g/mol. The van der Waals surface area contributed by atoms with Crippen LogP contribution in [0.3, 0.4) is 0 Å². The van der Waals surface area contributed by atoms with Crippen molar-refractivity contribution < 1.29 is 4.79 Å². The molecule has 0 bridgehead atoms. The van der Waals surface area contributed by atoms with Gasteiger partial charge in [0.05, 0.1) is 0 Å². The Balaban J connectivity index is 2.39. The molecule has 0 aliphatic heterocycles. The number of rotatable bonds is 6. The Morgan fingerprint density at radius 2 is 2.11 bits per heavy atom. The molecule has 0 aliphatic rings. The molecular weight excluding hydrogens is 306 g/mol. The third-order valence-corrected chi connectivity index (χ3v) is 3.49. The number of hydrogen-bond donors (Lipinski definition) is 2. The van der Waals surface area contributed by atoms with E-state index in [-0.39, 0.29) is 5.91 Å². The van der Waals surface area contributed by atoms with E-state index in [1.165, 1.54) is 0 Å². The summed E-state index contributed by atoms with van der Waals surface area (Å²) in [7, 11) is 2.08. The van der Waals surface area contributed by atoms with E-state index in [2.05, 4.69) is 47.0 Å². The van der Waals surface area contributed by atoms with Crippen LogP contribution in [0.5, 0.6) is 0 Å². The van der Waals surface area contributed by atoms with Gasteiger partial charge >= 0.3 is 0 Å². The van der Waals surface area contributed by atoms with Gasteiger partial charge in [-0.15, -0.1) is 0 Å². The number of nitrogen functional groups attached to an aromatic ring is 1. The van der Waals surface area contributed by atoms with E-state index in [1.54, 1.807) is 18.2 Å². The normalized spacial score (nSPS) is 11.1. The minimum Gasteiger partial charge on any atom is -0.399 e. The fraction of sp³-hybridized carbons (Fsp3) is 0.500. The Bertz CT molecular complexity index is 414. The molecule has 0 saturated carbocycles. The van der Waals surface area contributed by atoms with Gasteiger partial charge in [-0.05, 0) is 52.1 Å². The van der Waals surface area contributed by atoms with Crippen LogP contribution in [-0.2, 0) is 0 Å². The fourth-order valence-corrected chi connectivity index (χ4v) is 2.15. The van der Waals surface area contributed by atoms with Crippen LogP contribution < -0.4 is 11.1 Å². The predicted molar refractivity (Wildman–Crippen MR) is 83.3 cm³/mol. The molecular formula is C14H22BrN3O. The molecule has 0 aromatic heterocycles. The zero-order valence-electron chi connectivity index (χ0n) is 11.7. The summed E-state index contributed by atoms with van der Waals surface area (Å²) in [4.78, 5) is 14.2. The molecule has 4 nitrogen and oxygen atoms in total. The molecule has 0 saturated heterocycles. The maximum absolute atomic E-state index is 11.9. The van der Waals surface area contributed by atoms with E-state index in [0.29, 0.717) is 23.8 Å². The number of nitrogens with two attached hydrogens (primary N) is 1. The molecule has 0 heterocycles. The summed E-state index contributed by atoms with van der Waals surface area (Å²) in [6.45, 7) is 5.95. The second kappa shape index (κ2) is 7.50. The summed E-state index contributed by atoms with van der Waals surface area (Å²) in [5.41, 5.74) is 6.88. The van der Waals surface area contributed by atoms with Crippen molar-refractivity contribution in [3.63, 3.8) is 0 Å². The van der Waals surface area contributed by atoms with Gasteiger partial charge < -0.3 is 16.0 Å². The van der Waals surface area contributed by atoms with Gasteiger partial charge in [0.1, 0.15) is 0 Å². The van der Waals surface area contributed by atoms with Gasteiger partial charge in [-0.25, -0.2) is 0 Å². The van der Waals surface area contributed by atoms with Gasteiger partial charge in [0, 0.05) is 28.3 Å². The molecule has 1 aromatic carbocycles. The minimum atomic E-state index is -0.0831. The number of benzene rings is 1. The first-order valence-electron chi connectivity index (χ1n) is 6.44. The van der Waals surface area contributed by atoms with Crippen molar-refractivity contribution in [3.05, 3.63) is 28.2 Å². The van der Waals surface area contributed by atoms with E-state index in [9.17, 15) is 4.79 Å². The lowest BCUT2D eigenvalue weighted by Crippen LogP contribution is -2.31. The van der Waals surface area contributed by atoms with Gasteiger partial charge in [-0.1, -0.05) is 15.9 Å². The summed E-state index contributed by atoms with van der Waals surface area (Å²) >= 11 is 3.33. The van der Waals surface area contributed by atoms with Crippen molar-refractivity contribution in [2.45, 2.75) is 26.3 Å². The van der Waals surface area contributed by atoms with Gasteiger partial charge in [0.25, 0.3) is 5.91 Å². The highest BCUT2D eigenvalue weighted by molar-refractivity contribution is 9.10. The smallest absolute Gasteiger partial charge is 0.251 e. The Kier molecular flexibility index (Phi) is 6.31. The zero-order chi connectivity index (χ0) is 14.4. The van der Waals surface area contributed by atoms with Crippen LogP contribution >= 0.6 is 15.9 Å². The summed E-state index contributed by atoms with van der Waals surface area (Å²) in [6, 6.07) is 5.75. The average Bonchev–Trinajstić information content (AvgIpc) is 2.32. The van der Waals surface area contributed by atoms with E-state index in [4.69, 9.17) is 5.73 Å². The number of nitrogens with zero attached hydrogens (tertiary/aromatic N) is 1. The van der Waals surface area contributed by atoms with Gasteiger partial charge in [0.2, 0.25) is 0 Å². The molecule has 0 fully saturated rings. The van der Waals surface area contributed by atoms with E-state index in [1.807, 2.05) is 0 Å². The summed E-state index contributed by atoms with van der Waals surface area (Å²) < 4.78 is 0.817. The Morgan fingerprint density at radius 3 is 2.68 bits per heavy atom. The number of hydrogen-bond acceptors (Lipinski definition) is 3. The lowest BCUT2D eigenvalue weighted by Gasteiger charge is -2.20. The van der Waals surface area contributed by atoms with Crippen LogP contribution in [0.2, 0.25) is 0 Å². The minimum absolute atomic E-state index is 0.0831. The first-order valence-corrected chi connectivity index (χ1v) is 7.24. The maximum atomic E-state index is 11.9. The maximum Gasteiger partial charge on any atom is 0.251 e. The first-order chi connectivity index (χ1) is 8.90. The third kappa shape index (κ3) is 5.61. The lowest BCUT2D eigenvalue weighted by atomic mass is 10.2. The predicted octanol–water partition coefficient (Wildman–Crippen LogP) is 2.49. The molecule has 106 valence electrons. The average molecular weight is 328 g/mol. The quantitative estimate of drug-likeness (QED) is 0.623. The number of halogens is 1. The SMILES string of the molecule is CC(C)N(C)CCCNC(=O)c1cc(N)cc(Br)c1. The topological polar surface area (TPSA) is 58.4 Å². The molecule has 5 heteroatoms. The number of carbonyl (C=O) groups is 1. The number of nitrogens with one attached hydrogen (secondary N) is 1. The largest absolute Gasteiger partial charge is 0.399 e. The molecule has 1 aromatic rings. The van der Waals surface area contributed by atoms with Crippen molar-refractivity contribution in [1.82, 2.24) is 10.2 Å². The van der Waals surface area contributed by atoms with Gasteiger partial charge in [0.15, 0.2) is 0 Å². The van der Waals surface area contributed by atoms with E-state index >= 15 is 0 Å². The van der Waals surface area contributed by atoms with Gasteiger partial charge in [-0.3, -0.25) is 4.79 Å². The van der Waals surface area contributed by atoms with E-state index in [0.717, 1.165) is 17.4 Å². The molecule has 0 spiro atoms. The van der Waals surface area contributed by atoms with Crippen LogP contribution in [0.4, 0.5) is 5.69 Å². The molecule has 1 rings (SSSR count). The summed E-state index contributed by atoms with van der Waals surface area (Å²) in [6.07, 6.45) is 0.934. The number of amides is 1. The molecule has 0 unspecified atom stereocenters. The van der Waals surface area contributed by atoms with Crippen molar-refractivity contribution in [1.29, 1.82) is 0 Å². The van der Waals surface area contributed by atoms with Crippen molar-refractivity contribution in [2.24, 2.45) is 0 Å². The molecule has 1 amide bonds. The summed E-state index contributed by atoms with van der Waals surface area (Å²) in [5.74, 6) is -0.0831. The molecule has 19 heavy (non-hydrogen) atoms. The number of anilines is 1. The van der Waals surface area contributed by atoms with Crippen LogP contribution in [-0.4, -0.2) is 37.0 Å². The van der Waals surface area contributed by atoms with Gasteiger partial charge in [-0.2, -0.15) is 0 Å².